The molecular formula is C12H18N4O. The number of piperidine rings is 1. The van der Waals surface area contributed by atoms with Crippen molar-refractivity contribution in [1.29, 1.82) is 0 Å². The molecule has 0 aromatic carbocycles. The maximum atomic E-state index is 12.3. The second-order valence-corrected chi connectivity index (χ2v) is 5.01. The predicted octanol–water partition coefficient (Wildman–Crippen LogP) is 0.244. The molecule has 3 heterocycles. The quantitative estimate of drug-likeness (QED) is 0.757. The van der Waals surface area contributed by atoms with Gasteiger partial charge in [-0.1, -0.05) is 0 Å². The van der Waals surface area contributed by atoms with Gasteiger partial charge in [0.05, 0.1) is 0 Å². The van der Waals surface area contributed by atoms with E-state index >= 15 is 0 Å². The van der Waals surface area contributed by atoms with Crippen molar-refractivity contribution in [2.75, 3.05) is 19.6 Å². The molecule has 0 aliphatic carbocycles. The van der Waals surface area contributed by atoms with E-state index in [1.807, 2.05) is 11.9 Å². The maximum absolute atomic E-state index is 12.3. The van der Waals surface area contributed by atoms with Crippen LogP contribution in [0, 0.1) is 5.92 Å². The minimum Gasteiger partial charge on any atom is -0.335 e. The van der Waals surface area contributed by atoms with Crippen molar-refractivity contribution in [3.05, 3.63) is 18.0 Å². The Morgan fingerprint density at radius 3 is 3.12 bits per heavy atom. The number of fused-ring (bicyclic) bond motifs is 1. The molecule has 1 aromatic heterocycles. The van der Waals surface area contributed by atoms with Gasteiger partial charge in [0, 0.05) is 32.4 Å². The Labute approximate surface area is 101 Å². The highest BCUT2D eigenvalue weighted by molar-refractivity contribution is 5.92. The average Bonchev–Trinajstić information content (AvgIpc) is 2.93. The highest BCUT2D eigenvalue weighted by Gasteiger charge is 2.37. The number of carbonyl (C=O) groups excluding carboxylic acids is 1. The van der Waals surface area contributed by atoms with E-state index in [0.29, 0.717) is 17.7 Å². The van der Waals surface area contributed by atoms with Crippen molar-refractivity contribution in [3.63, 3.8) is 0 Å². The first-order valence-corrected chi connectivity index (χ1v) is 6.26. The van der Waals surface area contributed by atoms with E-state index in [1.165, 1.54) is 12.8 Å². The molecular weight excluding hydrogens is 216 g/mol. The van der Waals surface area contributed by atoms with Crippen molar-refractivity contribution in [2.45, 2.75) is 18.9 Å². The summed E-state index contributed by atoms with van der Waals surface area (Å²) in [6, 6.07) is 2.29. The van der Waals surface area contributed by atoms with Crippen LogP contribution in [0.3, 0.4) is 0 Å². The number of hydrogen-bond acceptors (Lipinski definition) is 3. The fourth-order valence-corrected chi connectivity index (χ4v) is 2.96. The Bertz CT molecular complexity index is 414. The van der Waals surface area contributed by atoms with Gasteiger partial charge in [0.1, 0.15) is 5.69 Å². The lowest BCUT2D eigenvalue weighted by molar-refractivity contribution is 0.0774. The Morgan fingerprint density at radius 2 is 2.41 bits per heavy atom. The van der Waals surface area contributed by atoms with Crippen molar-refractivity contribution in [1.82, 2.24) is 20.0 Å². The van der Waals surface area contributed by atoms with Crippen molar-refractivity contribution in [2.24, 2.45) is 13.0 Å². The lowest BCUT2D eigenvalue weighted by Gasteiger charge is -2.24. The van der Waals surface area contributed by atoms with E-state index in [4.69, 9.17) is 0 Å². The molecule has 17 heavy (non-hydrogen) atoms. The summed E-state index contributed by atoms with van der Waals surface area (Å²) < 4.78 is 1.65. The first-order chi connectivity index (χ1) is 8.25. The highest BCUT2D eigenvalue weighted by Crippen LogP contribution is 2.25. The zero-order chi connectivity index (χ0) is 11.8. The third-order valence-corrected chi connectivity index (χ3v) is 3.93. The van der Waals surface area contributed by atoms with E-state index in [9.17, 15) is 4.79 Å². The predicted molar refractivity (Wildman–Crippen MR) is 63.6 cm³/mol. The maximum Gasteiger partial charge on any atom is 0.272 e. The number of nitrogens with one attached hydrogen (secondary N) is 1. The molecule has 2 aliphatic heterocycles. The number of aryl methyl sites for hydroxylation is 1. The van der Waals surface area contributed by atoms with Crippen LogP contribution in [0.4, 0.5) is 0 Å². The number of likely N-dealkylation sites (tertiary alicyclic amines) is 1. The van der Waals surface area contributed by atoms with Crippen LogP contribution in [0.2, 0.25) is 0 Å². The van der Waals surface area contributed by atoms with Gasteiger partial charge in [-0.05, 0) is 31.4 Å². The first-order valence-electron chi connectivity index (χ1n) is 6.26. The summed E-state index contributed by atoms with van der Waals surface area (Å²) in [5.41, 5.74) is 0.684. The van der Waals surface area contributed by atoms with Gasteiger partial charge in [-0.15, -0.1) is 0 Å². The number of carbonyl (C=O) groups is 1. The van der Waals surface area contributed by atoms with Gasteiger partial charge in [-0.3, -0.25) is 9.48 Å². The Hall–Kier alpha value is -1.36. The summed E-state index contributed by atoms with van der Waals surface area (Å²) in [5.74, 6) is 0.752. The summed E-state index contributed by atoms with van der Waals surface area (Å²) in [7, 11) is 1.81. The third kappa shape index (κ3) is 1.84. The molecule has 1 amide bonds. The molecule has 0 radical (unpaired) electrons. The molecule has 0 spiro atoms. The molecule has 92 valence electrons. The van der Waals surface area contributed by atoms with Gasteiger partial charge in [0.25, 0.3) is 5.91 Å². The Morgan fingerprint density at radius 1 is 1.53 bits per heavy atom. The smallest absolute Gasteiger partial charge is 0.272 e. The number of rotatable bonds is 1. The van der Waals surface area contributed by atoms with Gasteiger partial charge in [0.15, 0.2) is 0 Å². The van der Waals surface area contributed by atoms with E-state index in [1.54, 1.807) is 16.9 Å². The fraction of sp³-hybridized carbons (Fsp3) is 0.667. The molecule has 2 aliphatic rings. The van der Waals surface area contributed by atoms with Gasteiger partial charge in [0.2, 0.25) is 0 Å². The summed E-state index contributed by atoms with van der Waals surface area (Å²) in [5, 5.41) is 7.56. The van der Waals surface area contributed by atoms with Crippen LogP contribution in [-0.4, -0.2) is 46.3 Å². The zero-order valence-electron chi connectivity index (χ0n) is 10.1. The van der Waals surface area contributed by atoms with E-state index in [-0.39, 0.29) is 5.91 Å². The van der Waals surface area contributed by atoms with E-state index in [0.717, 1.165) is 19.6 Å². The van der Waals surface area contributed by atoms with Crippen LogP contribution in [-0.2, 0) is 7.05 Å². The van der Waals surface area contributed by atoms with E-state index < -0.39 is 0 Å². The first kappa shape index (κ1) is 10.8. The average molecular weight is 234 g/mol. The molecule has 5 nitrogen and oxygen atoms in total. The minimum atomic E-state index is 0.112. The molecule has 0 bridgehead atoms. The van der Waals surface area contributed by atoms with Crippen molar-refractivity contribution < 1.29 is 4.79 Å². The zero-order valence-corrected chi connectivity index (χ0v) is 10.1. The molecule has 0 saturated carbocycles. The molecule has 2 atom stereocenters. The van der Waals surface area contributed by atoms with Gasteiger partial charge < -0.3 is 10.2 Å². The van der Waals surface area contributed by atoms with Crippen LogP contribution in [0.1, 0.15) is 23.3 Å². The molecule has 1 aromatic rings. The molecule has 1 N–H and O–H groups in total. The molecule has 5 heteroatoms. The summed E-state index contributed by atoms with van der Waals surface area (Å²) in [4.78, 5) is 14.3. The van der Waals surface area contributed by atoms with Crippen molar-refractivity contribution >= 4 is 5.91 Å². The summed E-state index contributed by atoms with van der Waals surface area (Å²) in [6.45, 7) is 2.82. The monoisotopic (exact) mass is 234 g/mol. The lowest BCUT2D eigenvalue weighted by Crippen LogP contribution is -2.41. The molecule has 2 fully saturated rings. The summed E-state index contributed by atoms with van der Waals surface area (Å²) >= 11 is 0. The van der Waals surface area contributed by atoms with Crippen molar-refractivity contribution in [3.8, 4) is 0 Å². The SMILES string of the molecule is Cn1nccc1C(=O)N1C[C@@H]2CCCN[C@@H]2C1. The number of nitrogens with zero attached hydrogens (tertiary/aromatic N) is 3. The van der Waals surface area contributed by atoms with Gasteiger partial charge >= 0.3 is 0 Å². The second-order valence-electron chi connectivity index (χ2n) is 5.01. The largest absolute Gasteiger partial charge is 0.335 e. The van der Waals surface area contributed by atoms with E-state index in [2.05, 4.69) is 10.4 Å². The standard InChI is InChI=1S/C12H18N4O/c1-15-11(4-6-14-15)12(17)16-7-9-3-2-5-13-10(9)8-16/h4,6,9-10,13H,2-3,5,7-8H2,1H3/t9-,10+/m0/s1. The highest BCUT2D eigenvalue weighted by atomic mass is 16.2. The Balaban J connectivity index is 1.74. The minimum absolute atomic E-state index is 0.112. The number of amides is 1. The van der Waals surface area contributed by atoms with Crippen LogP contribution in [0.5, 0.6) is 0 Å². The van der Waals surface area contributed by atoms with Gasteiger partial charge in [-0.25, -0.2) is 0 Å². The van der Waals surface area contributed by atoms with Crippen LogP contribution < -0.4 is 5.32 Å². The van der Waals surface area contributed by atoms with Crippen LogP contribution in [0.15, 0.2) is 12.3 Å². The Kier molecular flexibility index (Phi) is 2.63. The topological polar surface area (TPSA) is 50.2 Å². The normalized spacial score (nSPS) is 28.2. The summed E-state index contributed by atoms with van der Waals surface area (Å²) in [6.07, 6.45) is 4.15. The fourth-order valence-electron chi connectivity index (χ4n) is 2.96. The molecule has 2 saturated heterocycles. The van der Waals surface area contributed by atoms with Crippen LogP contribution in [0.25, 0.3) is 0 Å². The molecule has 0 unspecified atom stereocenters. The van der Waals surface area contributed by atoms with Gasteiger partial charge in [-0.2, -0.15) is 5.10 Å². The molecule has 3 rings (SSSR count). The van der Waals surface area contributed by atoms with Crippen LogP contribution >= 0.6 is 0 Å². The lowest BCUT2D eigenvalue weighted by atomic mass is 9.94. The second kappa shape index (κ2) is 4.14. The third-order valence-electron chi connectivity index (χ3n) is 3.93. The number of hydrogen-bond donors (Lipinski definition) is 1. The number of aromatic nitrogens is 2.